The number of primary amides is 6. The molecule has 15 N–H and O–H groups in total. The molecule has 0 unspecified atom stereocenters. The molecule has 0 saturated heterocycles. The number of carboxylic acid groups (broad SMARTS) is 1. The monoisotopic (exact) mass is 877 g/mol. The van der Waals surface area contributed by atoms with Gasteiger partial charge in [-0.3, -0.25) is 48.5 Å². The minimum atomic E-state index is -1.23. The van der Waals surface area contributed by atoms with Crippen molar-refractivity contribution in [2.75, 3.05) is 0 Å². The minimum absolute atomic E-state index is 0.0125. The molecule has 18 heteroatoms. The number of carboxylic acids is 1. The first-order valence-corrected chi connectivity index (χ1v) is 21.6. The molecule has 4 aliphatic heterocycles. The molecule has 6 amide bonds. The average Bonchev–Trinajstić information content (AvgIpc) is 3.68. The van der Waals surface area contributed by atoms with Gasteiger partial charge in [0, 0.05) is 113 Å². The summed E-state index contributed by atoms with van der Waals surface area (Å²) >= 11 is 0. The smallest absolute Gasteiger partial charge is 0.303 e. The Kier molecular flexibility index (Phi) is 14.7. The van der Waals surface area contributed by atoms with E-state index in [2.05, 4.69) is 0 Å². The van der Waals surface area contributed by atoms with E-state index in [4.69, 9.17) is 55.1 Å². The van der Waals surface area contributed by atoms with E-state index in [-0.39, 0.29) is 76.3 Å². The zero-order chi connectivity index (χ0) is 47.7. The number of allylic oxidation sites excluding steroid dienone is 6. The van der Waals surface area contributed by atoms with Gasteiger partial charge in [-0.25, -0.2) is 0 Å². The summed E-state index contributed by atoms with van der Waals surface area (Å²) in [6.07, 6.45) is 1.24. The molecule has 9 atom stereocenters. The van der Waals surface area contributed by atoms with Crippen molar-refractivity contribution in [3.05, 3.63) is 34.3 Å². The molecule has 0 spiro atoms. The number of nitrogens with two attached hydrogens (primary N) is 7. The average molecular weight is 877 g/mol. The third-order valence-electron chi connectivity index (χ3n) is 15.0. The Morgan fingerprint density at radius 2 is 1.17 bits per heavy atom. The Morgan fingerprint density at radius 1 is 0.651 bits per heavy atom. The largest absolute Gasteiger partial charge is 0.481 e. The molecule has 4 rings (SSSR count). The van der Waals surface area contributed by atoms with E-state index < -0.39 is 98.7 Å². The van der Waals surface area contributed by atoms with Crippen LogP contribution in [0.5, 0.6) is 0 Å². The van der Waals surface area contributed by atoms with Gasteiger partial charge in [0.2, 0.25) is 35.4 Å². The van der Waals surface area contributed by atoms with Crippen molar-refractivity contribution in [1.29, 1.82) is 0 Å². The van der Waals surface area contributed by atoms with Crippen molar-refractivity contribution in [2.24, 2.45) is 106 Å². The normalized spacial score (nSPS) is 34.6. The van der Waals surface area contributed by atoms with Crippen molar-refractivity contribution in [2.45, 2.75) is 132 Å². The van der Waals surface area contributed by atoms with Crippen molar-refractivity contribution in [3.8, 4) is 0 Å². The number of carbonyl (C=O) groups is 7. The molecule has 0 aromatic rings. The first-order valence-electron chi connectivity index (χ1n) is 21.6. The fourth-order valence-electron chi connectivity index (χ4n) is 11.3. The summed E-state index contributed by atoms with van der Waals surface area (Å²) in [5, 5.41) is 10.1. The SMILES string of the molecule is C/C1=C2N=C(/C=C3N=C(/C(C)=C(\N)[C@@H](CCC(N)=O)[C@](C)(CC(N)=O)[C@H](C)[C@@H]4N=C1[C@](C)(CCC(=O)O)[C@H]4CC(N)=O)[C@@](C)(CC(N)=O)[C@@H]\3CCC(N)=O)C(C)(C)[C@@H]/2CCC(N)=O. The van der Waals surface area contributed by atoms with Crippen LogP contribution >= 0.6 is 0 Å². The van der Waals surface area contributed by atoms with Crippen LogP contribution in [0.25, 0.3) is 0 Å². The first kappa shape index (κ1) is 50.0. The first-order chi connectivity index (χ1) is 29.0. The van der Waals surface area contributed by atoms with Crippen LogP contribution in [-0.2, 0) is 33.6 Å². The second-order valence-corrected chi connectivity index (χ2v) is 19.6. The molecule has 0 aliphatic carbocycles. The Balaban J connectivity index is 2.30. The van der Waals surface area contributed by atoms with Crippen LogP contribution < -0.4 is 40.1 Å². The number of fused-ring (bicyclic) bond motifs is 3. The second-order valence-electron chi connectivity index (χ2n) is 19.6. The summed E-state index contributed by atoms with van der Waals surface area (Å²) in [5.74, 6) is -8.01. The minimum Gasteiger partial charge on any atom is -0.481 e. The standard InChI is InChI=1S/C45H68N10O8/c1-21-37(52)25(10-13-31(47)57)44(7,19-34(50)60)23(3)39-27(17-33(49)59)43(6,16-15-36(62)63)41(55-39)22(2)38-26(11-14-32(48)58)42(4,5)29(54-38)18-28-24(9-12-30(46)56)45(8,20-35(51)61)40(21)53-28/h18,23-27,39H,9-17,19-20,52H2,1-8H3,(H2,46,56)(H2,47,57)(H2,48,58)(H2,49,59)(H2,50,60)(H2,51,61)(H,62,63)/b28-18-,37-21-,38-22-/t23-,24-,25-,26-,27+,39+,43-,44-,45+/m1/s1. The Hall–Kier alpha value is -5.68. The lowest BCUT2D eigenvalue weighted by Crippen LogP contribution is -2.48. The van der Waals surface area contributed by atoms with Crippen LogP contribution in [0.1, 0.15) is 126 Å². The predicted molar refractivity (Wildman–Crippen MR) is 239 cm³/mol. The summed E-state index contributed by atoms with van der Waals surface area (Å²) in [6, 6.07) is -0.793. The van der Waals surface area contributed by atoms with Crippen LogP contribution in [0.3, 0.4) is 0 Å². The second kappa shape index (κ2) is 18.6. The summed E-state index contributed by atoms with van der Waals surface area (Å²) < 4.78 is 0. The molecule has 4 aliphatic rings. The fourth-order valence-corrected chi connectivity index (χ4v) is 11.3. The van der Waals surface area contributed by atoms with Gasteiger partial charge in [-0.2, -0.15) is 0 Å². The number of rotatable bonds is 18. The zero-order valence-electron chi connectivity index (χ0n) is 38.0. The Labute approximate surface area is 369 Å². The van der Waals surface area contributed by atoms with Crippen molar-refractivity contribution in [3.63, 3.8) is 0 Å². The van der Waals surface area contributed by atoms with Gasteiger partial charge in [0.25, 0.3) is 0 Å². The van der Waals surface area contributed by atoms with Crippen molar-refractivity contribution in [1.82, 2.24) is 0 Å². The van der Waals surface area contributed by atoms with Gasteiger partial charge in [-0.05, 0) is 68.1 Å². The van der Waals surface area contributed by atoms with Gasteiger partial charge in [-0.1, -0.05) is 41.5 Å². The van der Waals surface area contributed by atoms with E-state index in [0.717, 1.165) is 0 Å². The fraction of sp³-hybridized carbons (Fsp3) is 0.644. The van der Waals surface area contributed by atoms with Gasteiger partial charge in [-0.15, -0.1) is 0 Å². The zero-order valence-corrected chi connectivity index (χ0v) is 38.0. The van der Waals surface area contributed by atoms with Crippen LogP contribution in [0.15, 0.2) is 49.3 Å². The number of aliphatic carboxylic acids is 1. The number of amides is 6. The van der Waals surface area contributed by atoms with E-state index in [9.17, 15) is 38.7 Å². The Bertz CT molecular complexity index is 2150. The molecule has 0 aromatic carbocycles. The highest BCUT2D eigenvalue weighted by atomic mass is 16.4. The number of carbonyl (C=O) groups excluding carboxylic acids is 6. The van der Waals surface area contributed by atoms with E-state index in [1.807, 2.05) is 54.5 Å². The van der Waals surface area contributed by atoms with Crippen LogP contribution in [-0.4, -0.2) is 69.7 Å². The third-order valence-corrected chi connectivity index (χ3v) is 15.0. The van der Waals surface area contributed by atoms with Crippen LogP contribution in [0.4, 0.5) is 0 Å². The van der Waals surface area contributed by atoms with Crippen molar-refractivity contribution < 1.29 is 38.7 Å². The molecule has 63 heavy (non-hydrogen) atoms. The van der Waals surface area contributed by atoms with Gasteiger partial charge >= 0.3 is 5.97 Å². The number of nitrogens with zero attached hydrogens (tertiary/aromatic N) is 3. The van der Waals surface area contributed by atoms with E-state index in [1.54, 1.807) is 6.92 Å². The summed E-state index contributed by atoms with van der Waals surface area (Å²) in [4.78, 5) is 105. The molecule has 0 saturated carbocycles. The maximum absolute atomic E-state index is 13.3. The summed E-state index contributed by atoms with van der Waals surface area (Å²) in [6.45, 7) is 14.9. The third kappa shape index (κ3) is 9.94. The van der Waals surface area contributed by atoms with E-state index >= 15 is 0 Å². The van der Waals surface area contributed by atoms with Gasteiger partial charge < -0.3 is 45.2 Å². The number of aliphatic imine (C=N–C) groups is 3. The maximum atomic E-state index is 13.3. The Morgan fingerprint density at radius 3 is 1.67 bits per heavy atom. The number of hydrogen-bond donors (Lipinski definition) is 8. The quantitative estimate of drug-likeness (QED) is 0.100. The highest BCUT2D eigenvalue weighted by Gasteiger charge is 2.57. The summed E-state index contributed by atoms with van der Waals surface area (Å²) in [7, 11) is 0. The molecular formula is C45H68N10O8. The molecular weight excluding hydrogens is 809 g/mol. The molecule has 18 nitrogen and oxygen atoms in total. The lowest BCUT2D eigenvalue weighted by atomic mass is 9.57. The molecule has 0 radical (unpaired) electrons. The van der Waals surface area contributed by atoms with Gasteiger partial charge in [0.05, 0.1) is 11.8 Å². The molecule has 6 bridgehead atoms. The predicted octanol–water partition coefficient (Wildman–Crippen LogP) is 2.56. The highest BCUT2D eigenvalue weighted by molar-refractivity contribution is 6.11. The maximum Gasteiger partial charge on any atom is 0.303 e. The van der Waals surface area contributed by atoms with E-state index in [1.165, 1.54) is 0 Å². The topological polar surface area (TPSA) is 359 Å². The van der Waals surface area contributed by atoms with Crippen molar-refractivity contribution >= 4 is 58.5 Å². The molecule has 0 fully saturated rings. The lowest BCUT2D eigenvalue weighted by Gasteiger charge is -2.47. The number of hydrogen-bond acceptors (Lipinski definition) is 11. The van der Waals surface area contributed by atoms with Crippen LogP contribution in [0, 0.1) is 51.2 Å². The van der Waals surface area contributed by atoms with Gasteiger partial charge in [0.1, 0.15) is 0 Å². The molecule has 4 heterocycles. The van der Waals surface area contributed by atoms with Crippen LogP contribution in [0.2, 0.25) is 0 Å². The van der Waals surface area contributed by atoms with E-state index in [0.29, 0.717) is 39.7 Å². The lowest BCUT2D eigenvalue weighted by molar-refractivity contribution is -0.137. The molecule has 0 aromatic heterocycles. The van der Waals surface area contributed by atoms with Gasteiger partial charge in [0.15, 0.2) is 0 Å². The summed E-state index contributed by atoms with van der Waals surface area (Å²) in [5.41, 5.74) is 42.1. The highest BCUT2D eigenvalue weighted by Crippen LogP contribution is 2.57. The molecule has 346 valence electrons.